The molecule has 5 heteroatoms. The summed E-state index contributed by atoms with van der Waals surface area (Å²) in [5.41, 5.74) is 1.17. The average molecular weight is 380 g/mol. The highest BCUT2D eigenvalue weighted by atomic mass is 32.2. The quantitative estimate of drug-likeness (QED) is 0.816. The van der Waals surface area contributed by atoms with Gasteiger partial charge >= 0.3 is 0 Å². The SMILES string of the molecule is CC1CCC(C(C2CC2)N(Cc2ccccc2)S(=O)C(C)(C)C)OC1O. The predicted octanol–water partition coefficient (Wildman–Crippen LogP) is 3.86. The summed E-state index contributed by atoms with van der Waals surface area (Å²) in [7, 11) is -1.14. The van der Waals surface area contributed by atoms with E-state index in [-0.39, 0.29) is 22.8 Å². The molecular formula is C21H33NO3S. The maximum atomic E-state index is 13.5. The monoisotopic (exact) mass is 379 g/mol. The molecule has 1 aromatic rings. The topological polar surface area (TPSA) is 49.8 Å². The van der Waals surface area contributed by atoms with Crippen molar-refractivity contribution in [3.63, 3.8) is 0 Å². The van der Waals surface area contributed by atoms with Gasteiger partial charge in [-0.15, -0.1) is 0 Å². The van der Waals surface area contributed by atoms with Crippen molar-refractivity contribution in [1.82, 2.24) is 4.31 Å². The highest BCUT2D eigenvalue weighted by Crippen LogP contribution is 2.42. The van der Waals surface area contributed by atoms with E-state index >= 15 is 0 Å². The normalized spacial score (nSPS) is 29.5. The van der Waals surface area contributed by atoms with E-state index in [1.807, 2.05) is 45.9 Å². The molecule has 1 N–H and O–H groups in total. The van der Waals surface area contributed by atoms with Crippen LogP contribution < -0.4 is 0 Å². The van der Waals surface area contributed by atoms with Gasteiger partial charge in [-0.25, -0.2) is 8.51 Å². The van der Waals surface area contributed by atoms with Crippen LogP contribution in [0, 0.1) is 11.8 Å². The fraction of sp³-hybridized carbons (Fsp3) is 0.714. The molecule has 1 saturated carbocycles. The fourth-order valence-electron chi connectivity index (χ4n) is 3.75. The Labute approximate surface area is 160 Å². The highest BCUT2D eigenvalue weighted by Gasteiger charge is 2.46. The molecule has 2 aliphatic rings. The Kier molecular flexibility index (Phi) is 6.22. The number of benzene rings is 1. The van der Waals surface area contributed by atoms with Gasteiger partial charge in [0.25, 0.3) is 0 Å². The van der Waals surface area contributed by atoms with E-state index in [2.05, 4.69) is 16.4 Å². The molecule has 0 bridgehead atoms. The molecule has 4 nitrogen and oxygen atoms in total. The minimum Gasteiger partial charge on any atom is -0.368 e. The lowest BCUT2D eigenvalue weighted by Gasteiger charge is -2.42. The molecule has 0 amide bonds. The summed E-state index contributed by atoms with van der Waals surface area (Å²) in [5.74, 6) is 0.678. The van der Waals surface area contributed by atoms with Crippen molar-refractivity contribution in [3.05, 3.63) is 35.9 Å². The maximum Gasteiger partial charge on any atom is 0.157 e. The van der Waals surface area contributed by atoms with E-state index in [1.165, 1.54) is 5.56 Å². The molecule has 1 saturated heterocycles. The molecule has 5 atom stereocenters. The van der Waals surface area contributed by atoms with Crippen LogP contribution in [0.4, 0.5) is 0 Å². The standard InChI is InChI=1S/C21H33NO3S/c1-15-10-13-18(25-20(15)23)19(17-11-12-17)22(26(24)21(2,3)4)14-16-8-6-5-7-9-16/h5-9,15,17-20,23H,10-14H2,1-4H3. The number of aliphatic hydroxyl groups is 1. The van der Waals surface area contributed by atoms with Crippen LogP contribution in [0.25, 0.3) is 0 Å². The lowest BCUT2D eigenvalue weighted by molar-refractivity contribution is -0.203. The van der Waals surface area contributed by atoms with Crippen LogP contribution in [0.5, 0.6) is 0 Å². The Hall–Kier alpha value is -0.750. The average Bonchev–Trinajstić information content (AvgIpc) is 3.42. The van der Waals surface area contributed by atoms with Crippen LogP contribution in [-0.4, -0.2) is 36.8 Å². The Morgan fingerprint density at radius 3 is 2.38 bits per heavy atom. The van der Waals surface area contributed by atoms with Crippen LogP contribution in [0.2, 0.25) is 0 Å². The summed E-state index contributed by atoms with van der Waals surface area (Å²) in [6.07, 6.45) is 3.42. The first-order valence-electron chi connectivity index (χ1n) is 9.83. The molecule has 146 valence electrons. The number of aliphatic hydroxyl groups excluding tert-OH is 1. The van der Waals surface area contributed by atoms with Gasteiger partial charge in [0.2, 0.25) is 0 Å². The molecule has 0 radical (unpaired) electrons. The number of ether oxygens (including phenoxy) is 1. The summed E-state index contributed by atoms with van der Waals surface area (Å²) in [6, 6.07) is 10.3. The molecule has 1 aliphatic heterocycles. The third-order valence-corrected chi connectivity index (χ3v) is 7.29. The van der Waals surface area contributed by atoms with Gasteiger partial charge in [0.1, 0.15) is 11.0 Å². The van der Waals surface area contributed by atoms with Gasteiger partial charge in [-0.2, -0.15) is 0 Å². The zero-order valence-electron chi connectivity index (χ0n) is 16.4. The van der Waals surface area contributed by atoms with Crippen molar-refractivity contribution in [3.8, 4) is 0 Å². The summed E-state index contributed by atoms with van der Waals surface area (Å²) >= 11 is 0. The maximum absolute atomic E-state index is 13.5. The number of rotatable bonds is 6. The molecule has 26 heavy (non-hydrogen) atoms. The Morgan fingerprint density at radius 1 is 1.19 bits per heavy atom. The van der Waals surface area contributed by atoms with Crippen molar-refractivity contribution >= 4 is 11.0 Å². The number of hydrogen-bond acceptors (Lipinski definition) is 3. The van der Waals surface area contributed by atoms with Gasteiger partial charge < -0.3 is 9.84 Å². The van der Waals surface area contributed by atoms with Crippen molar-refractivity contribution < 1.29 is 14.1 Å². The van der Waals surface area contributed by atoms with E-state index in [0.717, 1.165) is 25.7 Å². The molecule has 1 aliphatic carbocycles. The largest absolute Gasteiger partial charge is 0.368 e. The van der Waals surface area contributed by atoms with E-state index in [0.29, 0.717) is 12.5 Å². The first kappa shape index (κ1) is 20.0. The predicted molar refractivity (Wildman–Crippen MR) is 106 cm³/mol. The lowest BCUT2D eigenvalue weighted by Crippen LogP contribution is -2.53. The van der Waals surface area contributed by atoms with Crippen molar-refractivity contribution in [2.45, 2.75) is 83.1 Å². The van der Waals surface area contributed by atoms with Crippen molar-refractivity contribution in [1.29, 1.82) is 0 Å². The van der Waals surface area contributed by atoms with Crippen molar-refractivity contribution in [2.24, 2.45) is 11.8 Å². The van der Waals surface area contributed by atoms with Crippen LogP contribution in [0.1, 0.15) is 58.9 Å². The smallest absolute Gasteiger partial charge is 0.157 e. The second-order valence-corrected chi connectivity index (χ2v) is 11.1. The number of nitrogens with zero attached hydrogens (tertiary/aromatic N) is 1. The van der Waals surface area contributed by atoms with Gasteiger partial charge in [0.05, 0.1) is 16.9 Å². The van der Waals surface area contributed by atoms with E-state index in [9.17, 15) is 9.32 Å². The van der Waals surface area contributed by atoms with Gasteiger partial charge in [0.15, 0.2) is 6.29 Å². The highest BCUT2D eigenvalue weighted by molar-refractivity contribution is 7.84. The van der Waals surface area contributed by atoms with Crippen LogP contribution in [0.3, 0.4) is 0 Å². The summed E-state index contributed by atoms with van der Waals surface area (Å²) in [4.78, 5) is 0. The second kappa shape index (κ2) is 8.09. The zero-order chi connectivity index (χ0) is 18.9. The summed E-state index contributed by atoms with van der Waals surface area (Å²) in [6.45, 7) is 8.77. The van der Waals surface area contributed by atoms with Crippen LogP contribution >= 0.6 is 0 Å². The third-order valence-electron chi connectivity index (χ3n) is 5.44. The van der Waals surface area contributed by atoms with E-state index < -0.39 is 17.3 Å². The molecule has 2 fully saturated rings. The summed E-state index contributed by atoms with van der Waals surface area (Å²) in [5, 5.41) is 10.3. The Bertz CT molecular complexity index is 611. The van der Waals surface area contributed by atoms with Gasteiger partial charge in [-0.1, -0.05) is 37.3 Å². The molecule has 3 rings (SSSR count). The fourth-order valence-corrected chi connectivity index (χ4v) is 5.25. The first-order chi connectivity index (χ1) is 12.3. The molecule has 0 aromatic heterocycles. The molecule has 1 aromatic carbocycles. The van der Waals surface area contributed by atoms with Crippen LogP contribution in [0.15, 0.2) is 30.3 Å². The summed E-state index contributed by atoms with van der Waals surface area (Å²) < 4.78 is 21.3. The molecule has 5 unspecified atom stereocenters. The van der Waals surface area contributed by atoms with Crippen LogP contribution in [-0.2, 0) is 22.3 Å². The number of hydrogen-bond donors (Lipinski definition) is 1. The Balaban J connectivity index is 1.88. The Morgan fingerprint density at radius 2 is 1.85 bits per heavy atom. The zero-order valence-corrected chi connectivity index (χ0v) is 17.2. The molecule has 1 heterocycles. The van der Waals surface area contributed by atoms with E-state index in [4.69, 9.17) is 4.74 Å². The van der Waals surface area contributed by atoms with Gasteiger partial charge in [-0.05, 0) is 57.9 Å². The molecule has 0 spiro atoms. The van der Waals surface area contributed by atoms with Gasteiger partial charge in [0, 0.05) is 12.5 Å². The van der Waals surface area contributed by atoms with E-state index in [1.54, 1.807) is 0 Å². The van der Waals surface area contributed by atoms with Crippen molar-refractivity contribution in [2.75, 3.05) is 0 Å². The second-order valence-electron chi connectivity index (χ2n) is 8.87. The lowest BCUT2D eigenvalue weighted by atomic mass is 9.92. The first-order valence-corrected chi connectivity index (χ1v) is 10.9. The minimum atomic E-state index is -1.14. The molecular weight excluding hydrogens is 346 g/mol. The van der Waals surface area contributed by atoms with Gasteiger partial charge in [-0.3, -0.25) is 0 Å². The minimum absolute atomic E-state index is 0.0521. The third kappa shape index (κ3) is 4.75.